The van der Waals surface area contributed by atoms with E-state index in [0.29, 0.717) is 37.4 Å². The molecule has 1 aromatic carbocycles. The summed E-state index contributed by atoms with van der Waals surface area (Å²) in [6.07, 6.45) is 3.42. The first-order valence-electron chi connectivity index (χ1n) is 12.9. The molecule has 13 heteroatoms. The number of aromatic nitrogens is 3. The van der Waals surface area contributed by atoms with Crippen LogP contribution in [0.25, 0.3) is 22.3 Å². The number of carbonyl (C=O) groups excluding carboxylic acids is 1. The number of likely N-dealkylation sites (N-methyl/N-ethyl adjacent to an activating group) is 1. The molecule has 1 amide bonds. The summed E-state index contributed by atoms with van der Waals surface area (Å²) in [4.78, 5) is 32.2. The predicted molar refractivity (Wildman–Crippen MR) is 157 cm³/mol. The average Bonchev–Trinajstić information content (AvgIpc) is 3.35. The fourth-order valence-corrected chi connectivity index (χ4v) is 5.97. The van der Waals surface area contributed by atoms with Crippen LogP contribution in [0.2, 0.25) is 15.1 Å². The van der Waals surface area contributed by atoms with Gasteiger partial charge in [-0.05, 0) is 51.6 Å². The molecule has 0 spiro atoms. The zero-order valence-electron chi connectivity index (χ0n) is 22.1. The largest absolute Gasteiger partial charge is 0.462 e. The number of hydrogen-bond acceptors (Lipinski definition) is 8. The van der Waals surface area contributed by atoms with E-state index in [0.717, 1.165) is 19.4 Å². The summed E-state index contributed by atoms with van der Waals surface area (Å²) in [6, 6.07) is 3.15. The Labute approximate surface area is 246 Å². The second-order valence-corrected chi connectivity index (χ2v) is 11.3. The lowest BCUT2D eigenvalue weighted by Gasteiger charge is -2.40. The molecule has 2 aliphatic heterocycles. The Bertz CT molecular complexity index is 1460. The molecule has 2 aromatic heterocycles. The third-order valence-electron chi connectivity index (χ3n) is 7.51. The van der Waals surface area contributed by atoms with Gasteiger partial charge in [-0.15, -0.1) is 0 Å². The van der Waals surface area contributed by atoms with Crippen molar-refractivity contribution in [3.05, 3.63) is 45.7 Å². The number of anilines is 2. The zero-order valence-corrected chi connectivity index (χ0v) is 24.4. The Morgan fingerprint density at radius 3 is 2.62 bits per heavy atom. The van der Waals surface area contributed by atoms with Crippen molar-refractivity contribution in [2.24, 2.45) is 0 Å². The van der Waals surface area contributed by atoms with Crippen molar-refractivity contribution in [1.29, 1.82) is 0 Å². The lowest BCUT2D eigenvalue weighted by molar-refractivity contribution is -0.126. The number of rotatable bonds is 6. The van der Waals surface area contributed by atoms with E-state index in [1.807, 2.05) is 6.92 Å². The number of ether oxygens (including phenoxy) is 1. The van der Waals surface area contributed by atoms with Crippen molar-refractivity contribution in [3.8, 4) is 17.3 Å². The summed E-state index contributed by atoms with van der Waals surface area (Å²) >= 11 is 18.9. The number of benzene rings is 1. The van der Waals surface area contributed by atoms with Gasteiger partial charge >= 0.3 is 6.01 Å². The highest BCUT2D eigenvalue weighted by molar-refractivity contribution is 6.38. The van der Waals surface area contributed by atoms with Crippen LogP contribution in [-0.2, 0) is 4.79 Å². The molecule has 212 valence electrons. The average molecular weight is 609 g/mol. The number of nitrogens with zero attached hydrogens (tertiary/aromatic N) is 6. The number of halogens is 4. The van der Waals surface area contributed by atoms with Gasteiger partial charge in [-0.25, -0.2) is 9.37 Å². The topological polar surface area (TPSA) is 101 Å². The van der Waals surface area contributed by atoms with E-state index < -0.39 is 5.82 Å². The van der Waals surface area contributed by atoms with E-state index in [4.69, 9.17) is 50.3 Å². The van der Waals surface area contributed by atoms with E-state index >= 15 is 4.39 Å². The number of nitrogens with two attached hydrogens (primary N) is 1. The van der Waals surface area contributed by atoms with E-state index in [1.165, 1.54) is 12.1 Å². The van der Waals surface area contributed by atoms with Gasteiger partial charge in [0.1, 0.15) is 12.4 Å². The number of amides is 1. The highest BCUT2D eigenvalue weighted by atomic mass is 35.5. The molecule has 9 nitrogen and oxygen atoms in total. The normalized spacial score (nSPS) is 19.9. The molecule has 2 atom stereocenters. The molecule has 0 radical (unpaired) electrons. The summed E-state index contributed by atoms with van der Waals surface area (Å²) in [7, 11) is 2.06. The number of likely N-dealkylation sites (tertiary alicyclic amines) is 1. The molecule has 0 unspecified atom stereocenters. The quantitative estimate of drug-likeness (QED) is 0.235. The molecular formula is C27H29Cl3FN7O2. The van der Waals surface area contributed by atoms with Crippen molar-refractivity contribution >= 4 is 63.2 Å². The van der Waals surface area contributed by atoms with Gasteiger partial charge in [0, 0.05) is 31.7 Å². The predicted octanol–water partition coefficient (Wildman–Crippen LogP) is 5.07. The molecule has 5 rings (SSSR count). The van der Waals surface area contributed by atoms with Crippen molar-refractivity contribution < 1.29 is 13.9 Å². The van der Waals surface area contributed by atoms with Gasteiger partial charge in [0.05, 0.1) is 37.4 Å². The minimum Gasteiger partial charge on any atom is -0.462 e. The third kappa shape index (κ3) is 5.37. The third-order valence-corrected chi connectivity index (χ3v) is 8.38. The number of fused-ring (bicyclic) bond motifs is 1. The molecule has 0 bridgehead atoms. The maximum Gasteiger partial charge on any atom is 0.320 e. The van der Waals surface area contributed by atoms with Gasteiger partial charge in [0.25, 0.3) is 0 Å². The minimum atomic E-state index is -0.788. The van der Waals surface area contributed by atoms with Gasteiger partial charge in [-0.3, -0.25) is 4.79 Å². The van der Waals surface area contributed by atoms with E-state index in [2.05, 4.69) is 33.4 Å². The molecule has 0 aliphatic carbocycles. The maximum absolute atomic E-state index is 15.2. The van der Waals surface area contributed by atoms with E-state index in [1.54, 1.807) is 11.0 Å². The second-order valence-electron chi connectivity index (χ2n) is 10.1. The van der Waals surface area contributed by atoms with Crippen molar-refractivity contribution in [2.45, 2.75) is 31.8 Å². The molecule has 0 saturated carbocycles. The monoisotopic (exact) mass is 607 g/mol. The van der Waals surface area contributed by atoms with Crippen LogP contribution in [0.4, 0.5) is 15.9 Å². The first-order valence-corrected chi connectivity index (χ1v) is 14.0. The number of nitrogen functional groups attached to an aromatic ring is 1. The van der Waals surface area contributed by atoms with Gasteiger partial charge in [0.2, 0.25) is 5.91 Å². The van der Waals surface area contributed by atoms with Crippen LogP contribution in [0.5, 0.6) is 6.01 Å². The van der Waals surface area contributed by atoms with Crippen LogP contribution >= 0.6 is 34.8 Å². The Morgan fingerprint density at radius 1 is 1.18 bits per heavy atom. The summed E-state index contributed by atoms with van der Waals surface area (Å²) in [5, 5.41) is 0.534. The number of carbonyl (C=O) groups is 1. The van der Waals surface area contributed by atoms with Crippen LogP contribution in [0.1, 0.15) is 19.8 Å². The molecule has 2 aliphatic rings. The molecule has 3 aromatic rings. The van der Waals surface area contributed by atoms with Crippen LogP contribution in [0.15, 0.2) is 24.8 Å². The number of piperazine rings is 1. The van der Waals surface area contributed by atoms with Crippen LogP contribution in [0, 0.1) is 5.82 Å². The SMILES string of the molecule is C=CC(=O)N1CCN(c2nc(OC[C@@H]3CCCN3C)nc3nc(-c4c(N)c(Cl)cc(Cl)c4F)c(Cl)cc23)[C@@H](C)C1. The molecule has 2 fully saturated rings. The van der Waals surface area contributed by atoms with Crippen LogP contribution < -0.4 is 15.4 Å². The summed E-state index contributed by atoms with van der Waals surface area (Å²) < 4.78 is 21.3. The molecule has 40 heavy (non-hydrogen) atoms. The van der Waals surface area contributed by atoms with Gasteiger partial charge in [-0.1, -0.05) is 41.4 Å². The Morgan fingerprint density at radius 2 is 1.95 bits per heavy atom. The minimum absolute atomic E-state index is 0.0380. The smallest absolute Gasteiger partial charge is 0.320 e. The van der Waals surface area contributed by atoms with Crippen molar-refractivity contribution in [1.82, 2.24) is 24.8 Å². The van der Waals surface area contributed by atoms with Gasteiger partial charge < -0.3 is 25.2 Å². The maximum atomic E-state index is 15.2. The van der Waals surface area contributed by atoms with Crippen molar-refractivity contribution in [3.63, 3.8) is 0 Å². The van der Waals surface area contributed by atoms with E-state index in [-0.39, 0.29) is 61.7 Å². The standard InChI is InChI=1S/C27H29Cl3FN7O2/c1-4-20(39)37-8-9-38(14(2)12-37)26-16-10-19(30)24(21-22(31)17(28)11-18(29)23(21)32)33-25(16)34-27(35-26)40-13-15-6-5-7-36(15)3/h4,10-11,14-15H,1,5-9,12-13,32H2,2-3H3/t14-,15-/m0/s1. The summed E-state index contributed by atoms with van der Waals surface area (Å²) in [6.45, 7) is 8.46. The Kier molecular flexibility index (Phi) is 8.24. The highest BCUT2D eigenvalue weighted by Gasteiger charge is 2.30. The summed E-state index contributed by atoms with van der Waals surface area (Å²) in [5.41, 5.74) is 6.28. The lowest BCUT2D eigenvalue weighted by Crippen LogP contribution is -2.53. The molecule has 2 saturated heterocycles. The van der Waals surface area contributed by atoms with E-state index in [9.17, 15) is 4.79 Å². The summed E-state index contributed by atoms with van der Waals surface area (Å²) in [5.74, 6) is -0.363. The fourth-order valence-electron chi connectivity index (χ4n) is 5.26. The fraction of sp³-hybridized carbons (Fsp3) is 0.407. The molecule has 4 heterocycles. The second kappa shape index (κ2) is 11.5. The Balaban J connectivity index is 1.61. The molecule has 2 N–H and O–H groups in total. The van der Waals surface area contributed by atoms with Crippen LogP contribution in [0.3, 0.4) is 0 Å². The first-order chi connectivity index (χ1) is 19.1. The van der Waals surface area contributed by atoms with Crippen molar-refractivity contribution in [2.75, 3.05) is 50.5 Å². The van der Waals surface area contributed by atoms with Gasteiger partial charge in [-0.2, -0.15) is 9.97 Å². The highest BCUT2D eigenvalue weighted by Crippen LogP contribution is 2.42. The van der Waals surface area contributed by atoms with Crippen LogP contribution in [-0.4, -0.2) is 82.6 Å². The van der Waals surface area contributed by atoms with Gasteiger partial charge in [0.15, 0.2) is 11.5 Å². The first kappa shape index (κ1) is 28.6. The molecular weight excluding hydrogens is 580 g/mol. The lowest BCUT2D eigenvalue weighted by atomic mass is 10.1. The Hall–Kier alpha value is -2.92. The number of hydrogen-bond donors (Lipinski definition) is 1. The zero-order chi connectivity index (χ0) is 28.7. The number of pyridine rings is 1.